The zero-order valence-electron chi connectivity index (χ0n) is 11.0. The van der Waals surface area contributed by atoms with Gasteiger partial charge in [0.05, 0.1) is 9.82 Å². The fourth-order valence-electron chi connectivity index (χ4n) is 1.66. The zero-order valence-corrected chi connectivity index (χ0v) is 11.8. The number of carboxylic acid groups (broad SMARTS) is 1. The second kappa shape index (κ2) is 6.61. The van der Waals surface area contributed by atoms with Gasteiger partial charge in [0.15, 0.2) is 0 Å². The Kier molecular flexibility index (Phi) is 5.35. The molecule has 0 aliphatic heterocycles. The molecular formula is C11H14N2O7S. The summed E-state index contributed by atoms with van der Waals surface area (Å²) in [5.74, 6) is -1.42. The van der Waals surface area contributed by atoms with Gasteiger partial charge in [-0.1, -0.05) is 0 Å². The summed E-state index contributed by atoms with van der Waals surface area (Å²) in [6.45, 7) is 0.863. The highest BCUT2D eigenvalue weighted by Crippen LogP contribution is 2.21. The number of nitrogens with one attached hydrogen (secondary N) is 1. The number of benzene rings is 1. The van der Waals surface area contributed by atoms with E-state index in [9.17, 15) is 23.3 Å². The lowest BCUT2D eigenvalue weighted by atomic mass is 10.2. The molecule has 9 nitrogen and oxygen atoms in total. The van der Waals surface area contributed by atoms with Crippen molar-refractivity contribution in [2.45, 2.75) is 24.3 Å². The third-order valence-corrected chi connectivity index (χ3v) is 4.30. The topological polar surface area (TPSA) is 147 Å². The summed E-state index contributed by atoms with van der Waals surface area (Å²) in [6, 6.07) is 1.66. The molecule has 0 aliphatic rings. The number of aryl methyl sites for hydroxylation is 1. The van der Waals surface area contributed by atoms with E-state index in [4.69, 9.17) is 10.2 Å². The van der Waals surface area contributed by atoms with Crippen LogP contribution in [0.4, 0.5) is 5.69 Å². The predicted octanol–water partition coefficient (Wildman–Crippen LogP) is 0.0171. The molecule has 0 saturated carbocycles. The summed E-state index contributed by atoms with van der Waals surface area (Å²) >= 11 is 0. The summed E-state index contributed by atoms with van der Waals surface area (Å²) in [5.41, 5.74) is -0.151. The number of carbonyl (C=O) groups is 1. The van der Waals surface area contributed by atoms with Gasteiger partial charge in [-0.05, 0) is 25.0 Å². The van der Waals surface area contributed by atoms with E-state index in [1.165, 1.54) is 6.92 Å². The van der Waals surface area contributed by atoms with Crippen LogP contribution >= 0.6 is 0 Å². The highest BCUT2D eigenvalue weighted by atomic mass is 32.2. The maximum atomic E-state index is 12.1. The van der Waals surface area contributed by atoms with Gasteiger partial charge in [-0.3, -0.25) is 14.9 Å². The molecule has 0 bridgehead atoms. The lowest BCUT2D eigenvalue weighted by Gasteiger charge is -2.14. The molecule has 1 unspecified atom stereocenters. The molecular weight excluding hydrogens is 304 g/mol. The van der Waals surface area contributed by atoms with E-state index in [2.05, 4.69) is 0 Å². The van der Waals surface area contributed by atoms with Gasteiger partial charge in [0.1, 0.15) is 6.04 Å². The third-order valence-electron chi connectivity index (χ3n) is 2.67. The Morgan fingerprint density at radius 1 is 1.48 bits per heavy atom. The number of hydrogen-bond donors (Lipinski definition) is 3. The summed E-state index contributed by atoms with van der Waals surface area (Å²) in [4.78, 5) is 20.6. The van der Waals surface area contributed by atoms with Gasteiger partial charge in [0.25, 0.3) is 5.69 Å². The number of aliphatic hydroxyl groups excluding tert-OH is 1. The minimum Gasteiger partial charge on any atom is -0.480 e. The Hall–Kier alpha value is -2.04. The molecule has 0 spiro atoms. The molecule has 1 rings (SSSR count). The van der Waals surface area contributed by atoms with Gasteiger partial charge in [0.2, 0.25) is 10.0 Å². The van der Waals surface area contributed by atoms with Crippen LogP contribution in [0.1, 0.15) is 12.0 Å². The van der Waals surface area contributed by atoms with E-state index in [1.54, 1.807) is 0 Å². The summed E-state index contributed by atoms with van der Waals surface area (Å²) < 4.78 is 26.1. The minimum absolute atomic E-state index is 0.116. The molecule has 3 N–H and O–H groups in total. The van der Waals surface area contributed by atoms with E-state index in [0.29, 0.717) is 0 Å². The number of sulfonamides is 1. The van der Waals surface area contributed by atoms with Crippen LogP contribution in [0.25, 0.3) is 0 Å². The van der Waals surface area contributed by atoms with Crippen LogP contribution in [-0.4, -0.2) is 42.2 Å². The maximum Gasteiger partial charge on any atom is 0.321 e. The molecule has 1 aromatic carbocycles. The van der Waals surface area contributed by atoms with Crippen LogP contribution in [0.2, 0.25) is 0 Å². The Labute approximate surface area is 120 Å². The van der Waals surface area contributed by atoms with E-state index in [1.807, 2.05) is 4.72 Å². The largest absolute Gasteiger partial charge is 0.480 e. The number of aliphatic carboxylic acids is 1. The van der Waals surface area contributed by atoms with E-state index in [0.717, 1.165) is 18.2 Å². The minimum atomic E-state index is -4.16. The van der Waals surface area contributed by atoms with Gasteiger partial charge in [0, 0.05) is 18.7 Å². The van der Waals surface area contributed by atoms with Crippen molar-refractivity contribution in [3.8, 4) is 0 Å². The quantitative estimate of drug-likeness (QED) is 0.474. The van der Waals surface area contributed by atoms with Gasteiger partial charge < -0.3 is 10.2 Å². The standard InChI is InChI=1S/C11H14N2O7S/c1-7-6-8(13(17)18)2-3-10(7)21(19,20)12-9(4-5-14)11(15)16/h2-3,6,9,12,14H,4-5H2,1H3,(H,15,16). The number of hydrogen-bond acceptors (Lipinski definition) is 6. The van der Waals surface area contributed by atoms with Gasteiger partial charge in [-0.25, -0.2) is 8.42 Å². The molecule has 21 heavy (non-hydrogen) atoms. The molecule has 1 atom stereocenters. The first-order valence-corrected chi connectivity index (χ1v) is 7.28. The molecule has 0 saturated heterocycles. The molecule has 0 heterocycles. The van der Waals surface area contributed by atoms with Gasteiger partial charge in [-0.15, -0.1) is 0 Å². The number of nitro benzene ring substituents is 1. The summed E-state index contributed by atoms with van der Waals surface area (Å²) in [7, 11) is -4.16. The van der Waals surface area contributed by atoms with Crippen LogP contribution in [0.3, 0.4) is 0 Å². The number of non-ortho nitro benzene ring substituents is 1. The van der Waals surface area contributed by atoms with Crippen LogP contribution < -0.4 is 4.72 Å². The Morgan fingerprint density at radius 2 is 2.10 bits per heavy atom. The van der Waals surface area contributed by atoms with Crippen LogP contribution in [0, 0.1) is 17.0 Å². The number of carboxylic acids is 1. The first-order chi connectivity index (χ1) is 9.69. The van der Waals surface area contributed by atoms with E-state index < -0.39 is 33.6 Å². The predicted molar refractivity (Wildman–Crippen MR) is 71.3 cm³/mol. The highest BCUT2D eigenvalue weighted by Gasteiger charge is 2.26. The van der Waals surface area contributed by atoms with Crippen molar-refractivity contribution in [3.63, 3.8) is 0 Å². The number of aliphatic hydroxyl groups is 1. The molecule has 0 amide bonds. The van der Waals surface area contributed by atoms with E-state index in [-0.39, 0.29) is 22.6 Å². The van der Waals surface area contributed by atoms with Crippen molar-refractivity contribution < 1.29 is 28.3 Å². The average molecular weight is 318 g/mol. The molecule has 0 aromatic heterocycles. The van der Waals surface area contributed by atoms with Crippen LogP contribution in [0.15, 0.2) is 23.1 Å². The van der Waals surface area contributed by atoms with Gasteiger partial charge in [-0.2, -0.15) is 4.72 Å². The van der Waals surface area contributed by atoms with Crippen molar-refractivity contribution in [2.75, 3.05) is 6.61 Å². The smallest absolute Gasteiger partial charge is 0.321 e. The van der Waals surface area contributed by atoms with Crippen molar-refractivity contribution in [1.82, 2.24) is 4.72 Å². The monoisotopic (exact) mass is 318 g/mol. The third kappa shape index (κ3) is 4.21. The second-order valence-corrected chi connectivity index (χ2v) is 5.91. The average Bonchev–Trinajstić information content (AvgIpc) is 2.37. The van der Waals surface area contributed by atoms with E-state index >= 15 is 0 Å². The Balaban J connectivity index is 3.13. The summed E-state index contributed by atoms with van der Waals surface area (Å²) in [6.07, 6.45) is -0.291. The lowest BCUT2D eigenvalue weighted by molar-refractivity contribution is -0.385. The van der Waals surface area contributed by atoms with Crippen molar-refractivity contribution in [3.05, 3.63) is 33.9 Å². The second-order valence-electron chi connectivity index (χ2n) is 4.23. The lowest BCUT2D eigenvalue weighted by Crippen LogP contribution is -2.41. The Morgan fingerprint density at radius 3 is 2.52 bits per heavy atom. The molecule has 0 fully saturated rings. The molecule has 116 valence electrons. The Bertz CT molecular complexity index is 657. The molecule has 0 radical (unpaired) electrons. The molecule has 0 aliphatic carbocycles. The number of rotatable bonds is 7. The van der Waals surface area contributed by atoms with Crippen LogP contribution in [-0.2, 0) is 14.8 Å². The molecule has 10 heteroatoms. The van der Waals surface area contributed by atoms with Crippen molar-refractivity contribution >= 4 is 21.7 Å². The fraction of sp³-hybridized carbons (Fsp3) is 0.364. The van der Waals surface area contributed by atoms with Crippen LogP contribution in [0.5, 0.6) is 0 Å². The summed E-state index contributed by atoms with van der Waals surface area (Å²) in [5, 5.41) is 28.2. The fourth-order valence-corrected chi connectivity index (χ4v) is 3.11. The molecule has 1 aromatic rings. The zero-order chi connectivity index (χ0) is 16.2. The van der Waals surface area contributed by atoms with Gasteiger partial charge >= 0.3 is 5.97 Å². The SMILES string of the molecule is Cc1cc([N+](=O)[O-])ccc1S(=O)(=O)NC(CCO)C(=O)O. The maximum absolute atomic E-state index is 12.1. The normalized spacial score (nSPS) is 12.9. The first-order valence-electron chi connectivity index (χ1n) is 5.80. The first kappa shape index (κ1) is 17.0. The highest BCUT2D eigenvalue weighted by molar-refractivity contribution is 7.89. The number of nitro groups is 1. The van der Waals surface area contributed by atoms with Crippen molar-refractivity contribution in [1.29, 1.82) is 0 Å². The number of nitrogens with zero attached hydrogens (tertiary/aromatic N) is 1. The van der Waals surface area contributed by atoms with Crippen molar-refractivity contribution in [2.24, 2.45) is 0 Å².